The normalized spacial score (nSPS) is 10.1. The van der Waals surface area contributed by atoms with Crippen molar-refractivity contribution in [3.8, 4) is 11.8 Å². The van der Waals surface area contributed by atoms with E-state index in [2.05, 4.69) is 4.98 Å². The van der Waals surface area contributed by atoms with E-state index in [-0.39, 0.29) is 0 Å². The molecular weight excluding hydrogens is 222 g/mol. The maximum Gasteiger partial charge on any atom is 0.101 e. The smallest absolute Gasteiger partial charge is 0.101 e. The Morgan fingerprint density at radius 3 is 2.62 bits per heavy atom. The third-order valence-corrected chi connectivity index (χ3v) is 2.92. The van der Waals surface area contributed by atoms with Crippen molar-refractivity contribution >= 4 is 11.6 Å². The Morgan fingerprint density at radius 1 is 1.38 bits per heavy atom. The summed E-state index contributed by atoms with van der Waals surface area (Å²) < 4.78 is 1.95. The van der Waals surface area contributed by atoms with Gasteiger partial charge < -0.3 is 4.57 Å². The molecule has 0 atom stereocenters. The zero-order chi connectivity index (χ0) is 11.7. The zero-order valence-corrected chi connectivity index (χ0v) is 9.78. The number of nitriles is 1. The number of nitrogens with zero attached hydrogens (tertiary/aromatic N) is 3. The van der Waals surface area contributed by atoms with Gasteiger partial charge in [-0.1, -0.05) is 11.6 Å². The molecule has 0 aliphatic carbocycles. The van der Waals surface area contributed by atoms with Crippen LogP contribution in [-0.2, 0) is 0 Å². The largest absolute Gasteiger partial charge is 0.303 e. The molecule has 0 unspecified atom stereocenters. The number of hydrogen-bond donors (Lipinski definition) is 0. The summed E-state index contributed by atoms with van der Waals surface area (Å²) in [5.41, 5.74) is 3.46. The lowest BCUT2D eigenvalue weighted by Crippen LogP contribution is -1.95. The van der Waals surface area contributed by atoms with Crippen LogP contribution >= 0.6 is 11.6 Å². The quantitative estimate of drug-likeness (QED) is 0.757. The van der Waals surface area contributed by atoms with E-state index in [1.54, 1.807) is 18.5 Å². The minimum atomic E-state index is 0.464. The Balaban J connectivity index is 2.54. The van der Waals surface area contributed by atoms with Gasteiger partial charge >= 0.3 is 0 Å². The molecule has 4 heteroatoms. The zero-order valence-electron chi connectivity index (χ0n) is 9.03. The Labute approximate surface area is 98.9 Å². The number of aromatic nitrogens is 2. The third-order valence-electron chi connectivity index (χ3n) is 2.60. The maximum atomic E-state index is 8.78. The van der Waals surface area contributed by atoms with Crippen LogP contribution in [0.4, 0.5) is 0 Å². The van der Waals surface area contributed by atoms with Crippen LogP contribution in [-0.4, -0.2) is 9.55 Å². The SMILES string of the molecule is Cc1ncn(-c2ccc(C#N)c(Cl)c2)c1C. The lowest BCUT2D eigenvalue weighted by molar-refractivity contribution is 1.00. The number of halogens is 1. The average Bonchev–Trinajstić information content (AvgIpc) is 2.60. The molecular formula is C12H10ClN3. The van der Waals surface area contributed by atoms with Gasteiger partial charge in [-0.25, -0.2) is 4.98 Å². The highest BCUT2D eigenvalue weighted by Gasteiger charge is 2.06. The van der Waals surface area contributed by atoms with E-state index >= 15 is 0 Å². The second-order valence-corrected chi connectivity index (χ2v) is 3.97. The molecule has 0 saturated heterocycles. The molecule has 0 radical (unpaired) electrons. The molecule has 0 amide bonds. The molecule has 0 aliphatic heterocycles. The van der Waals surface area contributed by atoms with Crippen LogP contribution in [0.15, 0.2) is 24.5 Å². The lowest BCUT2D eigenvalue weighted by atomic mass is 10.2. The average molecular weight is 232 g/mol. The molecule has 0 saturated carbocycles. The fourth-order valence-electron chi connectivity index (χ4n) is 1.50. The van der Waals surface area contributed by atoms with Crippen molar-refractivity contribution in [1.29, 1.82) is 5.26 Å². The minimum Gasteiger partial charge on any atom is -0.303 e. The van der Waals surface area contributed by atoms with Gasteiger partial charge in [0.05, 0.1) is 22.6 Å². The first-order valence-corrected chi connectivity index (χ1v) is 5.22. The molecule has 80 valence electrons. The first-order chi connectivity index (χ1) is 7.63. The molecule has 0 aliphatic rings. The second kappa shape index (κ2) is 3.99. The fourth-order valence-corrected chi connectivity index (χ4v) is 1.72. The molecule has 3 nitrogen and oxygen atoms in total. The summed E-state index contributed by atoms with van der Waals surface area (Å²) >= 11 is 5.98. The van der Waals surface area contributed by atoms with Crippen LogP contribution in [0.2, 0.25) is 5.02 Å². The second-order valence-electron chi connectivity index (χ2n) is 3.56. The molecule has 1 aromatic heterocycles. The molecule has 2 rings (SSSR count). The maximum absolute atomic E-state index is 8.78. The van der Waals surface area contributed by atoms with Crippen LogP contribution in [0.25, 0.3) is 5.69 Å². The van der Waals surface area contributed by atoms with Crippen molar-refractivity contribution in [2.24, 2.45) is 0 Å². The minimum absolute atomic E-state index is 0.464. The monoisotopic (exact) mass is 231 g/mol. The van der Waals surface area contributed by atoms with Gasteiger partial charge in [0.2, 0.25) is 0 Å². The van der Waals surface area contributed by atoms with E-state index in [1.165, 1.54) is 0 Å². The standard InChI is InChI=1S/C12H10ClN3/c1-8-9(2)16(7-15-8)11-4-3-10(6-14)12(13)5-11/h3-5,7H,1-2H3. The predicted octanol–water partition coefficient (Wildman–Crippen LogP) is 3.01. The van der Waals surface area contributed by atoms with E-state index in [9.17, 15) is 0 Å². The van der Waals surface area contributed by atoms with Gasteiger partial charge in [-0.05, 0) is 32.0 Å². The highest BCUT2D eigenvalue weighted by atomic mass is 35.5. The predicted molar refractivity (Wildman–Crippen MR) is 62.8 cm³/mol. The summed E-state index contributed by atoms with van der Waals surface area (Å²) in [6.45, 7) is 3.95. The summed E-state index contributed by atoms with van der Waals surface area (Å²) in [5.74, 6) is 0. The molecule has 2 aromatic rings. The number of benzene rings is 1. The van der Waals surface area contributed by atoms with Crippen molar-refractivity contribution in [2.75, 3.05) is 0 Å². The van der Waals surface area contributed by atoms with Crippen molar-refractivity contribution in [3.05, 3.63) is 46.5 Å². The van der Waals surface area contributed by atoms with Crippen molar-refractivity contribution in [2.45, 2.75) is 13.8 Å². The lowest BCUT2D eigenvalue weighted by Gasteiger charge is -2.06. The van der Waals surface area contributed by atoms with Crippen LogP contribution in [0.3, 0.4) is 0 Å². The van der Waals surface area contributed by atoms with Gasteiger partial charge in [0.1, 0.15) is 6.07 Å². The van der Waals surface area contributed by atoms with E-state index < -0.39 is 0 Å². The van der Waals surface area contributed by atoms with E-state index in [1.807, 2.05) is 30.6 Å². The number of aryl methyl sites for hydroxylation is 1. The summed E-state index contributed by atoms with van der Waals surface area (Å²) in [6, 6.07) is 7.38. The summed E-state index contributed by atoms with van der Waals surface area (Å²) in [4.78, 5) is 4.22. The van der Waals surface area contributed by atoms with Gasteiger partial charge in [-0.3, -0.25) is 0 Å². The Hall–Kier alpha value is -1.79. The fraction of sp³-hybridized carbons (Fsp3) is 0.167. The van der Waals surface area contributed by atoms with E-state index in [4.69, 9.17) is 16.9 Å². The van der Waals surface area contributed by atoms with E-state index in [0.29, 0.717) is 10.6 Å². The van der Waals surface area contributed by atoms with E-state index in [0.717, 1.165) is 17.1 Å². The molecule has 0 spiro atoms. The Bertz CT molecular complexity index is 578. The van der Waals surface area contributed by atoms with Gasteiger partial charge in [-0.2, -0.15) is 5.26 Å². The van der Waals surface area contributed by atoms with Crippen molar-refractivity contribution in [3.63, 3.8) is 0 Å². The highest BCUT2D eigenvalue weighted by molar-refractivity contribution is 6.31. The third kappa shape index (κ3) is 1.68. The summed E-state index contributed by atoms with van der Waals surface area (Å²) in [5, 5.41) is 9.25. The van der Waals surface area contributed by atoms with Gasteiger partial charge in [0, 0.05) is 11.4 Å². The number of imidazole rings is 1. The molecule has 0 fully saturated rings. The first kappa shape index (κ1) is 10.7. The van der Waals surface area contributed by atoms with Crippen LogP contribution in [0, 0.1) is 25.2 Å². The molecule has 1 aromatic carbocycles. The summed E-state index contributed by atoms with van der Waals surface area (Å²) in [7, 11) is 0. The van der Waals surface area contributed by atoms with Crippen LogP contribution < -0.4 is 0 Å². The van der Waals surface area contributed by atoms with Gasteiger partial charge in [0.15, 0.2) is 0 Å². The Kier molecular flexibility index (Phi) is 2.67. The van der Waals surface area contributed by atoms with Gasteiger partial charge in [-0.15, -0.1) is 0 Å². The van der Waals surface area contributed by atoms with Crippen LogP contribution in [0.5, 0.6) is 0 Å². The topological polar surface area (TPSA) is 41.6 Å². The molecule has 0 N–H and O–H groups in total. The highest BCUT2D eigenvalue weighted by Crippen LogP contribution is 2.21. The first-order valence-electron chi connectivity index (χ1n) is 4.84. The molecule has 1 heterocycles. The summed E-state index contributed by atoms with van der Waals surface area (Å²) in [6.07, 6.45) is 1.75. The number of hydrogen-bond acceptors (Lipinski definition) is 2. The van der Waals surface area contributed by atoms with Crippen molar-refractivity contribution in [1.82, 2.24) is 9.55 Å². The van der Waals surface area contributed by atoms with Crippen LogP contribution in [0.1, 0.15) is 17.0 Å². The Morgan fingerprint density at radius 2 is 2.12 bits per heavy atom. The molecule has 0 bridgehead atoms. The number of rotatable bonds is 1. The van der Waals surface area contributed by atoms with Gasteiger partial charge in [0.25, 0.3) is 0 Å². The van der Waals surface area contributed by atoms with Crippen molar-refractivity contribution < 1.29 is 0 Å². The molecule has 16 heavy (non-hydrogen) atoms.